The van der Waals surface area contributed by atoms with E-state index in [1.165, 1.54) is 18.4 Å². The van der Waals surface area contributed by atoms with Gasteiger partial charge in [-0.25, -0.2) is 0 Å². The van der Waals surface area contributed by atoms with Crippen LogP contribution in [0.4, 0.5) is 0 Å². The van der Waals surface area contributed by atoms with Gasteiger partial charge < -0.3 is 15.4 Å². The molecule has 0 amide bonds. The molecule has 134 valence electrons. The second-order valence-corrected chi connectivity index (χ2v) is 6.48. The first-order valence-electron chi connectivity index (χ1n) is 9.04. The topological polar surface area (TPSA) is 48.9 Å². The van der Waals surface area contributed by atoms with Crippen LogP contribution in [0.15, 0.2) is 29.3 Å². The van der Waals surface area contributed by atoms with Gasteiger partial charge in [0.05, 0.1) is 6.54 Å². The van der Waals surface area contributed by atoms with Crippen LogP contribution in [-0.2, 0) is 0 Å². The molecule has 0 aliphatic heterocycles. The van der Waals surface area contributed by atoms with E-state index < -0.39 is 0 Å². The van der Waals surface area contributed by atoms with Gasteiger partial charge in [0.25, 0.3) is 0 Å². The number of rotatable bonds is 9. The first kappa shape index (κ1) is 18.6. The van der Waals surface area contributed by atoms with E-state index in [0.29, 0.717) is 6.54 Å². The predicted octanol–water partition coefficient (Wildman–Crippen LogP) is 2.41. The summed E-state index contributed by atoms with van der Waals surface area (Å²) in [6.07, 6.45) is 2.78. The second kappa shape index (κ2) is 9.52. The van der Waals surface area contributed by atoms with Gasteiger partial charge >= 0.3 is 0 Å². The highest BCUT2D eigenvalue weighted by Gasteiger charge is 2.27. The molecule has 0 spiro atoms. The van der Waals surface area contributed by atoms with Crippen molar-refractivity contribution in [2.75, 3.05) is 33.2 Å². The van der Waals surface area contributed by atoms with E-state index in [9.17, 15) is 0 Å². The normalized spacial score (nSPS) is 16.1. The molecule has 2 rings (SSSR count). The van der Waals surface area contributed by atoms with Gasteiger partial charge in [0.2, 0.25) is 0 Å². The fourth-order valence-electron chi connectivity index (χ4n) is 2.78. The highest BCUT2D eigenvalue weighted by Crippen LogP contribution is 2.25. The lowest BCUT2D eigenvalue weighted by atomic mass is 10.2. The minimum absolute atomic E-state index is 0.0731. The summed E-state index contributed by atoms with van der Waals surface area (Å²) in [5, 5.41) is 6.72. The van der Waals surface area contributed by atoms with E-state index >= 15 is 0 Å². The van der Waals surface area contributed by atoms with Crippen molar-refractivity contribution < 1.29 is 4.74 Å². The van der Waals surface area contributed by atoms with Crippen molar-refractivity contribution in [3.05, 3.63) is 29.8 Å². The number of aryl methyl sites for hydroxylation is 1. The van der Waals surface area contributed by atoms with Gasteiger partial charge in [-0.1, -0.05) is 19.1 Å². The monoisotopic (exact) mass is 332 g/mol. The zero-order chi connectivity index (χ0) is 17.4. The third-order valence-corrected chi connectivity index (χ3v) is 4.27. The predicted molar refractivity (Wildman–Crippen MR) is 101 cm³/mol. The third-order valence-electron chi connectivity index (χ3n) is 4.27. The maximum atomic E-state index is 5.94. The van der Waals surface area contributed by atoms with Crippen LogP contribution in [0.3, 0.4) is 0 Å². The van der Waals surface area contributed by atoms with E-state index in [4.69, 9.17) is 4.74 Å². The highest BCUT2D eigenvalue weighted by molar-refractivity contribution is 5.79. The molecule has 0 bridgehead atoms. The molecule has 1 unspecified atom stereocenters. The van der Waals surface area contributed by atoms with Crippen LogP contribution >= 0.6 is 0 Å². The zero-order valence-electron chi connectivity index (χ0n) is 15.5. The molecule has 0 aromatic heterocycles. The molecule has 0 saturated heterocycles. The number of likely N-dealkylation sites (N-methyl/N-ethyl adjacent to an activating group) is 1. The van der Waals surface area contributed by atoms with E-state index in [1.807, 2.05) is 12.1 Å². The van der Waals surface area contributed by atoms with Crippen molar-refractivity contribution in [2.24, 2.45) is 4.99 Å². The summed E-state index contributed by atoms with van der Waals surface area (Å²) >= 11 is 0. The number of ether oxygens (including phenoxy) is 1. The van der Waals surface area contributed by atoms with Gasteiger partial charge in [-0.15, -0.1) is 0 Å². The van der Waals surface area contributed by atoms with Crippen molar-refractivity contribution in [3.63, 3.8) is 0 Å². The summed E-state index contributed by atoms with van der Waals surface area (Å²) in [7, 11) is 1.81. The van der Waals surface area contributed by atoms with Crippen LogP contribution < -0.4 is 15.4 Å². The molecule has 2 N–H and O–H groups in total. The molecule has 0 heterocycles. The van der Waals surface area contributed by atoms with E-state index in [1.54, 1.807) is 7.05 Å². The Morgan fingerprint density at radius 1 is 1.38 bits per heavy atom. The molecule has 1 saturated carbocycles. The van der Waals surface area contributed by atoms with E-state index in [0.717, 1.165) is 37.4 Å². The van der Waals surface area contributed by atoms with Gasteiger partial charge in [0, 0.05) is 26.2 Å². The Hall–Kier alpha value is -1.75. The quantitative estimate of drug-likeness (QED) is 0.539. The molecule has 1 atom stereocenters. The zero-order valence-corrected chi connectivity index (χ0v) is 15.5. The van der Waals surface area contributed by atoms with Crippen LogP contribution in [0.25, 0.3) is 0 Å². The Labute approximate surface area is 146 Å². The largest absolute Gasteiger partial charge is 0.489 e. The average Bonchev–Trinajstić information content (AvgIpc) is 3.39. The highest BCUT2D eigenvalue weighted by atomic mass is 16.5. The number of nitrogens with zero attached hydrogens (tertiary/aromatic N) is 2. The summed E-state index contributed by atoms with van der Waals surface area (Å²) in [5.41, 5.74) is 1.21. The fraction of sp³-hybridized carbons (Fsp3) is 0.632. The van der Waals surface area contributed by atoms with Crippen molar-refractivity contribution in [1.82, 2.24) is 15.5 Å². The molecule has 1 aliphatic carbocycles. The minimum atomic E-state index is 0.0731. The number of hydrogen-bond donors (Lipinski definition) is 2. The Balaban J connectivity index is 1.66. The molecular formula is C19H32N4O. The lowest BCUT2D eigenvalue weighted by molar-refractivity contribution is 0.223. The first-order valence-corrected chi connectivity index (χ1v) is 9.04. The van der Waals surface area contributed by atoms with E-state index in [-0.39, 0.29) is 6.10 Å². The lowest BCUT2D eigenvalue weighted by Gasteiger charge is -2.21. The summed E-state index contributed by atoms with van der Waals surface area (Å²) in [6, 6.07) is 8.96. The van der Waals surface area contributed by atoms with Gasteiger partial charge in [-0.05, 0) is 50.9 Å². The first-order chi connectivity index (χ1) is 11.6. The molecular weight excluding hydrogens is 300 g/mol. The summed E-state index contributed by atoms with van der Waals surface area (Å²) in [4.78, 5) is 6.82. The number of hydrogen-bond acceptors (Lipinski definition) is 3. The van der Waals surface area contributed by atoms with Crippen molar-refractivity contribution >= 4 is 5.96 Å². The molecule has 5 heteroatoms. The number of benzene rings is 1. The SMILES string of the molecule is CCN(CCNC(=NC)NCC(C)Oc1cccc(C)c1)C1CC1. The molecule has 0 radical (unpaired) electrons. The number of guanidine groups is 1. The van der Waals surface area contributed by atoms with Gasteiger partial charge in [0.1, 0.15) is 11.9 Å². The van der Waals surface area contributed by atoms with Crippen molar-refractivity contribution in [3.8, 4) is 5.75 Å². The molecule has 1 aliphatic rings. The fourth-order valence-corrected chi connectivity index (χ4v) is 2.78. The second-order valence-electron chi connectivity index (χ2n) is 6.48. The summed E-state index contributed by atoms with van der Waals surface area (Å²) in [6.45, 7) is 10.2. The van der Waals surface area contributed by atoms with Crippen molar-refractivity contribution in [1.29, 1.82) is 0 Å². The lowest BCUT2D eigenvalue weighted by Crippen LogP contribution is -2.44. The van der Waals surface area contributed by atoms with E-state index in [2.05, 4.69) is 53.4 Å². The molecule has 1 aromatic rings. The number of aliphatic imine (C=N–C) groups is 1. The Kier molecular flexibility index (Phi) is 7.37. The standard InChI is InChI=1S/C19H32N4O/c1-5-23(17-9-10-17)12-11-21-19(20-4)22-14-16(3)24-18-8-6-7-15(2)13-18/h6-8,13,16-17H,5,9-12,14H2,1-4H3,(H2,20,21,22). The molecule has 1 aromatic carbocycles. The van der Waals surface area contributed by atoms with Crippen LogP contribution in [0.1, 0.15) is 32.3 Å². The van der Waals surface area contributed by atoms with Crippen LogP contribution in [0.5, 0.6) is 5.75 Å². The Bertz CT molecular complexity index is 528. The maximum Gasteiger partial charge on any atom is 0.191 e. The Morgan fingerprint density at radius 3 is 2.79 bits per heavy atom. The van der Waals surface area contributed by atoms with Gasteiger partial charge in [-0.3, -0.25) is 9.89 Å². The molecule has 5 nitrogen and oxygen atoms in total. The van der Waals surface area contributed by atoms with Crippen molar-refractivity contribution in [2.45, 2.75) is 45.8 Å². The smallest absolute Gasteiger partial charge is 0.191 e. The molecule has 24 heavy (non-hydrogen) atoms. The van der Waals surface area contributed by atoms with Gasteiger partial charge in [0.15, 0.2) is 5.96 Å². The minimum Gasteiger partial charge on any atom is -0.489 e. The third kappa shape index (κ3) is 6.40. The maximum absolute atomic E-state index is 5.94. The summed E-state index contributed by atoms with van der Waals surface area (Å²) in [5.74, 6) is 1.75. The number of nitrogens with one attached hydrogen (secondary N) is 2. The van der Waals surface area contributed by atoms with Gasteiger partial charge in [-0.2, -0.15) is 0 Å². The van der Waals surface area contributed by atoms with Crippen LogP contribution in [-0.4, -0.2) is 56.2 Å². The summed E-state index contributed by atoms with van der Waals surface area (Å²) < 4.78 is 5.94. The van der Waals surface area contributed by atoms with Crippen LogP contribution in [0, 0.1) is 6.92 Å². The average molecular weight is 332 g/mol. The molecule has 1 fully saturated rings. The van der Waals surface area contributed by atoms with Crippen LogP contribution in [0.2, 0.25) is 0 Å². The Morgan fingerprint density at radius 2 is 2.17 bits per heavy atom.